The standard InChI is InChI=1S/C13H17BrN2O4/c1-13(17,7-15-10-3-4-10)8-20-12-5-2-9(14)6-11(12)16(18)19/h2,5-6,10,15,17H,3-4,7-8H2,1H3. The number of aliphatic hydroxyl groups is 1. The molecule has 1 atom stereocenters. The number of halogens is 1. The minimum atomic E-state index is -1.07. The van der Waals surface area contributed by atoms with Gasteiger partial charge in [0.05, 0.1) is 4.92 Å². The van der Waals surface area contributed by atoms with Crippen LogP contribution >= 0.6 is 15.9 Å². The van der Waals surface area contributed by atoms with Gasteiger partial charge in [-0.1, -0.05) is 15.9 Å². The molecule has 1 aliphatic rings. The Hall–Kier alpha value is -1.18. The molecule has 0 aliphatic heterocycles. The highest BCUT2D eigenvalue weighted by atomic mass is 79.9. The van der Waals surface area contributed by atoms with Gasteiger partial charge in [0.2, 0.25) is 0 Å². The summed E-state index contributed by atoms with van der Waals surface area (Å²) in [5.41, 5.74) is -1.19. The Labute approximate surface area is 125 Å². The first-order chi connectivity index (χ1) is 9.37. The molecular formula is C13H17BrN2O4. The van der Waals surface area contributed by atoms with Crippen LogP contribution in [0.15, 0.2) is 22.7 Å². The van der Waals surface area contributed by atoms with Gasteiger partial charge in [0.25, 0.3) is 0 Å². The van der Waals surface area contributed by atoms with E-state index in [1.807, 2.05) is 0 Å². The topological polar surface area (TPSA) is 84.6 Å². The molecule has 1 aliphatic carbocycles. The maximum absolute atomic E-state index is 11.0. The van der Waals surface area contributed by atoms with E-state index in [1.165, 1.54) is 12.1 Å². The van der Waals surface area contributed by atoms with Crippen molar-refractivity contribution in [3.63, 3.8) is 0 Å². The van der Waals surface area contributed by atoms with Crippen LogP contribution in [0.5, 0.6) is 5.75 Å². The summed E-state index contributed by atoms with van der Waals surface area (Å²) >= 11 is 3.18. The molecule has 0 spiro atoms. The highest BCUT2D eigenvalue weighted by Crippen LogP contribution is 2.30. The van der Waals surface area contributed by atoms with Gasteiger partial charge >= 0.3 is 5.69 Å². The lowest BCUT2D eigenvalue weighted by atomic mass is 10.1. The minimum absolute atomic E-state index is 0.00477. The zero-order chi connectivity index (χ0) is 14.8. The average Bonchev–Trinajstić information content (AvgIpc) is 3.19. The maximum Gasteiger partial charge on any atom is 0.312 e. The minimum Gasteiger partial charge on any atom is -0.484 e. The molecule has 0 amide bonds. The molecule has 1 fully saturated rings. The molecule has 0 heterocycles. The second-order valence-electron chi connectivity index (χ2n) is 5.31. The molecule has 1 unspecified atom stereocenters. The summed E-state index contributed by atoms with van der Waals surface area (Å²) in [6.07, 6.45) is 2.27. The molecule has 0 aromatic heterocycles. The van der Waals surface area contributed by atoms with E-state index in [4.69, 9.17) is 4.74 Å². The lowest BCUT2D eigenvalue weighted by Crippen LogP contribution is -2.43. The van der Waals surface area contributed by atoms with Gasteiger partial charge in [0.1, 0.15) is 12.2 Å². The van der Waals surface area contributed by atoms with E-state index in [0.29, 0.717) is 17.1 Å². The first-order valence-electron chi connectivity index (χ1n) is 6.40. The number of hydrogen-bond acceptors (Lipinski definition) is 5. The number of nitrogens with one attached hydrogen (secondary N) is 1. The molecule has 20 heavy (non-hydrogen) atoms. The fourth-order valence-electron chi connectivity index (χ4n) is 1.69. The molecular weight excluding hydrogens is 328 g/mol. The van der Waals surface area contributed by atoms with Gasteiger partial charge in [-0.3, -0.25) is 10.1 Å². The molecule has 0 radical (unpaired) electrons. The SMILES string of the molecule is CC(O)(CNC1CC1)COc1ccc(Br)cc1[N+](=O)[O-]. The third-order valence-electron chi connectivity index (χ3n) is 3.01. The highest BCUT2D eigenvalue weighted by Gasteiger charge is 2.28. The largest absolute Gasteiger partial charge is 0.484 e. The smallest absolute Gasteiger partial charge is 0.312 e. The zero-order valence-electron chi connectivity index (χ0n) is 11.1. The number of ether oxygens (including phenoxy) is 1. The Morgan fingerprint density at radius 3 is 2.90 bits per heavy atom. The molecule has 2 rings (SSSR count). The van der Waals surface area contributed by atoms with E-state index in [2.05, 4.69) is 21.2 Å². The number of benzene rings is 1. The quantitative estimate of drug-likeness (QED) is 0.585. The fourth-order valence-corrected chi connectivity index (χ4v) is 2.04. The van der Waals surface area contributed by atoms with Crippen LogP contribution in [-0.2, 0) is 0 Å². The van der Waals surface area contributed by atoms with Crippen molar-refractivity contribution in [2.45, 2.75) is 31.4 Å². The van der Waals surface area contributed by atoms with Crippen LogP contribution in [-0.4, -0.2) is 34.8 Å². The zero-order valence-corrected chi connectivity index (χ0v) is 12.7. The summed E-state index contributed by atoms with van der Waals surface area (Å²) in [5.74, 6) is 0.157. The Morgan fingerprint density at radius 2 is 2.30 bits per heavy atom. The molecule has 0 saturated heterocycles. The van der Waals surface area contributed by atoms with E-state index in [1.54, 1.807) is 13.0 Å². The second kappa shape index (κ2) is 6.07. The first kappa shape index (κ1) is 15.2. The monoisotopic (exact) mass is 344 g/mol. The van der Waals surface area contributed by atoms with Gasteiger partial charge < -0.3 is 15.2 Å². The van der Waals surface area contributed by atoms with E-state index in [-0.39, 0.29) is 18.0 Å². The van der Waals surface area contributed by atoms with Crippen molar-refractivity contribution < 1.29 is 14.8 Å². The van der Waals surface area contributed by atoms with Gasteiger partial charge in [-0.15, -0.1) is 0 Å². The molecule has 1 aromatic carbocycles. The number of rotatable bonds is 7. The van der Waals surface area contributed by atoms with E-state index >= 15 is 0 Å². The van der Waals surface area contributed by atoms with Gasteiger partial charge in [-0.05, 0) is 31.9 Å². The number of nitro groups is 1. The van der Waals surface area contributed by atoms with Crippen molar-refractivity contribution in [2.24, 2.45) is 0 Å². The van der Waals surface area contributed by atoms with E-state index in [0.717, 1.165) is 12.8 Å². The van der Waals surface area contributed by atoms with Crippen molar-refractivity contribution in [1.82, 2.24) is 5.32 Å². The van der Waals surface area contributed by atoms with E-state index in [9.17, 15) is 15.2 Å². The summed E-state index contributed by atoms with van der Waals surface area (Å²) < 4.78 is 6.03. The predicted molar refractivity (Wildman–Crippen MR) is 77.9 cm³/mol. The lowest BCUT2D eigenvalue weighted by Gasteiger charge is -2.23. The number of nitro benzene ring substituents is 1. The van der Waals surface area contributed by atoms with Crippen LogP contribution < -0.4 is 10.1 Å². The summed E-state index contributed by atoms with van der Waals surface area (Å²) in [7, 11) is 0. The Balaban J connectivity index is 1.96. The van der Waals surface area contributed by atoms with Crippen LogP contribution in [0.25, 0.3) is 0 Å². The average molecular weight is 345 g/mol. The van der Waals surface area contributed by atoms with Crippen molar-refractivity contribution in [1.29, 1.82) is 0 Å². The van der Waals surface area contributed by atoms with Crippen molar-refractivity contribution in [3.8, 4) is 5.75 Å². The number of nitrogens with zero attached hydrogens (tertiary/aromatic N) is 1. The molecule has 1 aromatic rings. The molecule has 1 saturated carbocycles. The second-order valence-corrected chi connectivity index (χ2v) is 6.23. The van der Waals surface area contributed by atoms with Crippen LogP contribution in [0.2, 0.25) is 0 Å². The summed E-state index contributed by atoms with van der Waals surface area (Å²) in [6.45, 7) is 2.05. The van der Waals surface area contributed by atoms with E-state index < -0.39 is 10.5 Å². The molecule has 6 nitrogen and oxygen atoms in total. The van der Waals surface area contributed by atoms with Gasteiger partial charge in [-0.2, -0.15) is 0 Å². The van der Waals surface area contributed by atoms with Crippen molar-refractivity contribution in [3.05, 3.63) is 32.8 Å². The lowest BCUT2D eigenvalue weighted by molar-refractivity contribution is -0.386. The van der Waals surface area contributed by atoms with Crippen LogP contribution in [0, 0.1) is 10.1 Å². The predicted octanol–water partition coefficient (Wildman–Crippen LogP) is 2.24. The molecule has 110 valence electrons. The molecule has 7 heteroatoms. The summed E-state index contributed by atoms with van der Waals surface area (Å²) in [5, 5.41) is 24.3. The third kappa shape index (κ3) is 4.43. The van der Waals surface area contributed by atoms with Crippen LogP contribution in [0.1, 0.15) is 19.8 Å². The molecule has 0 bridgehead atoms. The Kier molecular flexibility index (Phi) is 4.62. The Morgan fingerprint density at radius 1 is 1.60 bits per heavy atom. The van der Waals surface area contributed by atoms with Crippen molar-refractivity contribution in [2.75, 3.05) is 13.2 Å². The summed E-state index contributed by atoms with van der Waals surface area (Å²) in [6, 6.07) is 5.06. The Bertz CT molecular complexity index is 503. The van der Waals surface area contributed by atoms with Crippen LogP contribution in [0.3, 0.4) is 0 Å². The highest BCUT2D eigenvalue weighted by molar-refractivity contribution is 9.10. The molecule has 2 N–H and O–H groups in total. The van der Waals surface area contributed by atoms with Gasteiger partial charge in [0.15, 0.2) is 5.75 Å². The normalized spacial score (nSPS) is 17.6. The number of hydrogen-bond donors (Lipinski definition) is 2. The van der Waals surface area contributed by atoms with Gasteiger partial charge in [-0.25, -0.2) is 0 Å². The third-order valence-corrected chi connectivity index (χ3v) is 3.50. The fraction of sp³-hybridized carbons (Fsp3) is 0.538. The van der Waals surface area contributed by atoms with Gasteiger partial charge in [0, 0.05) is 23.1 Å². The first-order valence-corrected chi connectivity index (χ1v) is 7.19. The van der Waals surface area contributed by atoms with Crippen molar-refractivity contribution >= 4 is 21.6 Å². The summed E-state index contributed by atoms with van der Waals surface area (Å²) in [4.78, 5) is 10.4. The van der Waals surface area contributed by atoms with Crippen LogP contribution in [0.4, 0.5) is 5.69 Å². The maximum atomic E-state index is 11.0.